The van der Waals surface area contributed by atoms with Crippen LogP contribution in [0.2, 0.25) is 0 Å². The Bertz CT molecular complexity index is 614. The van der Waals surface area contributed by atoms with Gasteiger partial charge in [0.2, 0.25) is 0 Å². The molecule has 0 N–H and O–H groups in total. The molecule has 0 bridgehead atoms. The first-order valence-corrected chi connectivity index (χ1v) is 8.17. The van der Waals surface area contributed by atoms with Gasteiger partial charge in [-0.05, 0) is 59.2 Å². The quantitative estimate of drug-likeness (QED) is 0.693. The Balaban J connectivity index is 2.59. The molecule has 0 radical (unpaired) electrons. The number of carbonyl (C=O) groups excluding carboxylic acids is 2. The molecular formula is C17H23BrN2O2. The van der Waals surface area contributed by atoms with Crippen LogP contribution in [0.15, 0.2) is 28.7 Å². The zero-order valence-corrected chi connectivity index (χ0v) is 15.6. The van der Waals surface area contributed by atoms with E-state index in [0.29, 0.717) is 0 Å². The van der Waals surface area contributed by atoms with Gasteiger partial charge in [-0.3, -0.25) is 9.69 Å². The van der Waals surface area contributed by atoms with Crippen molar-refractivity contribution in [3.8, 4) is 0 Å². The third kappa shape index (κ3) is 2.91. The van der Waals surface area contributed by atoms with Gasteiger partial charge in [-0.25, -0.2) is 4.79 Å². The fourth-order valence-corrected chi connectivity index (χ4v) is 3.22. The Labute approximate surface area is 140 Å². The van der Waals surface area contributed by atoms with Gasteiger partial charge in [0.1, 0.15) is 6.04 Å². The maximum absolute atomic E-state index is 13.0. The molecule has 4 nitrogen and oxygen atoms in total. The highest BCUT2D eigenvalue weighted by atomic mass is 79.9. The average molecular weight is 367 g/mol. The summed E-state index contributed by atoms with van der Waals surface area (Å²) in [6.45, 7) is 11.5. The van der Waals surface area contributed by atoms with Gasteiger partial charge in [-0.1, -0.05) is 28.1 Å². The number of carbonyl (C=O) groups is 2. The van der Waals surface area contributed by atoms with Crippen molar-refractivity contribution in [3.05, 3.63) is 34.3 Å². The molecule has 0 aromatic heterocycles. The first kappa shape index (κ1) is 17.0. The van der Waals surface area contributed by atoms with Gasteiger partial charge in [0.15, 0.2) is 0 Å². The monoisotopic (exact) mass is 366 g/mol. The average Bonchev–Trinajstić information content (AvgIpc) is 2.59. The lowest BCUT2D eigenvalue weighted by molar-refractivity contribution is -0.131. The van der Waals surface area contributed by atoms with Gasteiger partial charge in [0.05, 0.1) is 0 Å². The summed E-state index contributed by atoms with van der Waals surface area (Å²) >= 11 is 3.44. The normalized spacial score (nSPS) is 20.0. The number of rotatable bonds is 1. The number of nitrogens with zero attached hydrogens (tertiary/aromatic N) is 2. The number of benzene rings is 1. The number of amides is 3. The Morgan fingerprint density at radius 2 is 1.59 bits per heavy atom. The lowest BCUT2D eigenvalue weighted by Crippen LogP contribution is -2.49. The largest absolute Gasteiger partial charge is 0.328 e. The topological polar surface area (TPSA) is 40.6 Å². The van der Waals surface area contributed by atoms with Crippen LogP contribution in [0.25, 0.3) is 0 Å². The van der Waals surface area contributed by atoms with Gasteiger partial charge in [-0.15, -0.1) is 0 Å². The fraction of sp³-hybridized carbons (Fsp3) is 0.529. The molecule has 1 heterocycles. The molecule has 0 spiro atoms. The SMILES string of the molecule is CC(C)(C)N1C(=O)C(c2cccc(Br)c2)N(C(C)(C)C)C1=O. The maximum Gasteiger partial charge on any atom is 0.328 e. The lowest BCUT2D eigenvalue weighted by atomic mass is 9.99. The molecule has 1 atom stereocenters. The number of hydrogen-bond donors (Lipinski definition) is 0. The second-order valence-corrected chi connectivity index (χ2v) is 8.54. The lowest BCUT2D eigenvalue weighted by Gasteiger charge is -2.36. The predicted octanol–water partition coefficient (Wildman–Crippen LogP) is 4.35. The van der Waals surface area contributed by atoms with Crippen molar-refractivity contribution in [3.63, 3.8) is 0 Å². The van der Waals surface area contributed by atoms with Crippen LogP contribution in [0, 0.1) is 0 Å². The molecule has 1 fully saturated rings. The number of imide groups is 1. The molecule has 1 aromatic rings. The number of urea groups is 1. The van der Waals surface area contributed by atoms with E-state index >= 15 is 0 Å². The third-order valence-electron chi connectivity index (χ3n) is 3.67. The fourth-order valence-electron chi connectivity index (χ4n) is 2.81. The molecule has 2 rings (SSSR count). The van der Waals surface area contributed by atoms with Gasteiger partial charge < -0.3 is 4.90 Å². The molecule has 5 heteroatoms. The molecule has 3 amide bonds. The van der Waals surface area contributed by atoms with Crippen LogP contribution in [0.3, 0.4) is 0 Å². The van der Waals surface area contributed by atoms with E-state index in [0.717, 1.165) is 10.0 Å². The Morgan fingerprint density at radius 3 is 2.05 bits per heavy atom. The van der Waals surface area contributed by atoms with E-state index in [1.807, 2.05) is 65.8 Å². The van der Waals surface area contributed by atoms with E-state index in [9.17, 15) is 9.59 Å². The van der Waals surface area contributed by atoms with Crippen molar-refractivity contribution in [2.45, 2.75) is 58.7 Å². The summed E-state index contributed by atoms with van der Waals surface area (Å²) in [7, 11) is 0. The van der Waals surface area contributed by atoms with E-state index < -0.39 is 17.1 Å². The van der Waals surface area contributed by atoms with Gasteiger partial charge in [0, 0.05) is 15.6 Å². The van der Waals surface area contributed by atoms with E-state index in [2.05, 4.69) is 15.9 Å². The van der Waals surface area contributed by atoms with Crippen molar-refractivity contribution >= 4 is 27.9 Å². The summed E-state index contributed by atoms with van der Waals surface area (Å²) in [5.74, 6) is -0.162. The van der Waals surface area contributed by atoms with Crippen LogP contribution in [0.5, 0.6) is 0 Å². The molecule has 1 aliphatic rings. The molecule has 0 aliphatic carbocycles. The Morgan fingerprint density at radius 1 is 1.00 bits per heavy atom. The molecule has 1 saturated heterocycles. The zero-order chi connectivity index (χ0) is 16.9. The van der Waals surface area contributed by atoms with Crippen LogP contribution in [0.4, 0.5) is 4.79 Å². The van der Waals surface area contributed by atoms with Crippen molar-refractivity contribution in [1.29, 1.82) is 0 Å². The minimum Gasteiger partial charge on any atom is -0.303 e. The van der Waals surface area contributed by atoms with Crippen molar-refractivity contribution in [1.82, 2.24) is 9.80 Å². The van der Waals surface area contributed by atoms with Gasteiger partial charge in [-0.2, -0.15) is 0 Å². The van der Waals surface area contributed by atoms with Crippen molar-refractivity contribution < 1.29 is 9.59 Å². The van der Waals surface area contributed by atoms with Gasteiger partial charge in [0.25, 0.3) is 5.91 Å². The molecule has 1 aliphatic heterocycles. The summed E-state index contributed by atoms with van der Waals surface area (Å²) in [6.07, 6.45) is 0. The summed E-state index contributed by atoms with van der Waals surface area (Å²) < 4.78 is 0.897. The van der Waals surface area contributed by atoms with Crippen LogP contribution in [-0.2, 0) is 4.79 Å². The van der Waals surface area contributed by atoms with Crippen LogP contribution in [-0.4, -0.2) is 32.8 Å². The molecule has 0 saturated carbocycles. The van der Waals surface area contributed by atoms with Gasteiger partial charge >= 0.3 is 6.03 Å². The Kier molecular flexibility index (Phi) is 4.15. The molecule has 120 valence electrons. The summed E-state index contributed by atoms with van der Waals surface area (Å²) in [4.78, 5) is 28.9. The smallest absolute Gasteiger partial charge is 0.303 e. The first-order valence-electron chi connectivity index (χ1n) is 7.37. The van der Waals surface area contributed by atoms with E-state index in [1.54, 1.807) is 4.90 Å². The van der Waals surface area contributed by atoms with E-state index in [-0.39, 0.29) is 11.9 Å². The highest BCUT2D eigenvalue weighted by Gasteiger charge is 2.53. The number of halogens is 1. The molecule has 1 unspecified atom stereocenters. The molecule has 22 heavy (non-hydrogen) atoms. The van der Waals surface area contributed by atoms with Crippen LogP contribution in [0.1, 0.15) is 53.1 Å². The van der Waals surface area contributed by atoms with Crippen molar-refractivity contribution in [2.24, 2.45) is 0 Å². The van der Waals surface area contributed by atoms with Crippen LogP contribution < -0.4 is 0 Å². The summed E-state index contributed by atoms with van der Waals surface area (Å²) in [6, 6.07) is 6.79. The molecule has 1 aromatic carbocycles. The second-order valence-electron chi connectivity index (χ2n) is 7.63. The number of hydrogen-bond acceptors (Lipinski definition) is 2. The summed E-state index contributed by atoms with van der Waals surface area (Å²) in [5.41, 5.74) is -0.160. The highest BCUT2D eigenvalue weighted by Crippen LogP contribution is 2.40. The Hall–Kier alpha value is -1.36. The van der Waals surface area contributed by atoms with Crippen molar-refractivity contribution in [2.75, 3.05) is 0 Å². The minimum absolute atomic E-state index is 0.162. The predicted molar refractivity (Wildman–Crippen MR) is 90.5 cm³/mol. The zero-order valence-electron chi connectivity index (χ0n) is 14.0. The minimum atomic E-state index is -0.579. The standard InChI is InChI=1S/C17H23BrN2O2/c1-16(2,3)19-13(11-8-7-9-12(18)10-11)14(21)20(15(19)22)17(4,5)6/h7-10,13H,1-6H3. The van der Waals surface area contributed by atoms with Crippen LogP contribution >= 0.6 is 15.9 Å². The highest BCUT2D eigenvalue weighted by molar-refractivity contribution is 9.10. The third-order valence-corrected chi connectivity index (χ3v) is 4.16. The molecular weight excluding hydrogens is 344 g/mol. The maximum atomic E-state index is 13.0. The second kappa shape index (κ2) is 5.37. The first-order chi connectivity index (χ1) is 9.94. The van der Waals surface area contributed by atoms with E-state index in [4.69, 9.17) is 0 Å². The summed E-state index contributed by atoms with van der Waals surface area (Å²) in [5, 5.41) is 0. The van der Waals surface area contributed by atoms with E-state index in [1.165, 1.54) is 4.90 Å².